The van der Waals surface area contributed by atoms with Gasteiger partial charge in [-0.25, -0.2) is 4.79 Å². The minimum Gasteiger partial charge on any atom is -0.465 e. The lowest BCUT2D eigenvalue weighted by atomic mass is 9.91. The van der Waals surface area contributed by atoms with Crippen LogP contribution in [0.1, 0.15) is 27.9 Å². The lowest BCUT2D eigenvalue weighted by Gasteiger charge is -2.19. The Labute approximate surface area is 143 Å². The second-order valence-corrected chi connectivity index (χ2v) is 6.25. The van der Waals surface area contributed by atoms with Crippen molar-refractivity contribution in [3.63, 3.8) is 0 Å². The van der Waals surface area contributed by atoms with Gasteiger partial charge in [-0.2, -0.15) is 0 Å². The zero-order chi connectivity index (χ0) is 16.2. The van der Waals surface area contributed by atoms with Crippen molar-refractivity contribution in [2.45, 2.75) is 12.8 Å². The number of esters is 1. The van der Waals surface area contributed by atoms with Gasteiger partial charge in [-0.15, -0.1) is 0 Å². The molecule has 2 aromatic rings. The molecule has 1 aliphatic carbocycles. The molecule has 1 aromatic carbocycles. The monoisotopic (exact) mass is 372 g/mol. The summed E-state index contributed by atoms with van der Waals surface area (Å²) in [6.45, 7) is 0.643. The number of anilines is 1. The number of methoxy groups -OCH3 is 1. The van der Waals surface area contributed by atoms with E-state index in [0.29, 0.717) is 17.8 Å². The summed E-state index contributed by atoms with van der Waals surface area (Å²) in [5.74, 6) is -0.364. The number of allylic oxidation sites excluding steroid dienone is 1. The van der Waals surface area contributed by atoms with Crippen LogP contribution < -0.4 is 5.32 Å². The number of ether oxygens (including phenoxy) is 1. The van der Waals surface area contributed by atoms with Crippen molar-refractivity contribution in [2.75, 3.05) is 19.0 Å². The van der Waals surface area contributed by atoms with Gasteiger partial charge in [0.25, 0.3) is 0 Å². The van der Waals surface area contributed by atoms with Gasteiger partial charge in [0.05, 0.1) is 24.6 Å². The molecular weight excluding hydrogens is 356 g/mol. The first-order valence-corrected chi connectivity index (χ1v) is 8.22. The maximum atomic E-state index is 11.8. The maximum absolute atomic E-state index is 11.8. The van der Waals surface area contributed by atoms with Crippen LogP contribution in [0.3, 0.4) is 0 Å². The molecule has 23 heavy (non-hydrogen) atoms. The molecule has 1 aromatic heterocycles. The van der Waals surface area contributed by atoms with E-state index in [1.165, 1.54) is 23.8 Å². The van der Waals surface area contributed by atoms with Crippen LogP contribution in [0.15, 0.2) is 47.2 Å². The Morgan fingerprint density at radius 2 is 2.26 bits per heavy atom. The van der Waals surface area contributed by atoms with Crippen LogP contribution in [0.5, 0.6) is 0 Å². The predicted molar refractivity (Wildman–Crippen MR) is 94.5 cm³/mol. The number of rotatable bonds is 4. The molecule has 0 aliphatic heterocycles. The molecule has 0 saturated heterocycles. The normalized spacial score (nSPS) is 13.0. The zero-order valence-electron chi connectivity index (χ0n) is 12.8. The summed E-state index contributed by atoms with van der Waals surface area (Å²) in [4.78, 5) is 15.9. The van der Waals surface area contributed by atoms with Crippen molar-refractivity contribution < 1.29 is 9.53 Å². The molecule has 1 aliphatic rings. The second-order valence-electron chi connectivity index (χ2n) is 5.34. The summed E-state index contributed by atoms with van der Waals surface area (Å²) in [6, 6.07) is 8.03. The van der Waals surface area contributed by atoms with E-state index >= 15 is 0 Å². The molecule has 118 valence electrons. The molecule has 0 spiro atoms. The highest BCUT2D eigenvalue weighted by Gasteiger charge is 2.15. The number of hydrogen-bond donors (Lipinski definition) is 1. The number of aryl methyl sites for hydroxylation is 1. The molecule has 1 N–H and O–H groups in total. The number of carbonyl (C=O) groups excluding carboxylic acids is 1. The van der Waals surface area contributed by atoms with Crippen molar-refractivity contribution in [3.8, 4) is 0 Å². The average molecular weight is 373 g/mol. The van der Waals surface area contributed by atoms with Gasteiger partial charge < -0.3 is 10.1 Å². The molecule has 0 fully saturated rings. The summed E-state index contributed by atoms with van der Waals surface area (Å²) >= 11 is 3.52. The zero-order valence-corrected chi connectivity index (χ0v) is 14.4. The third-order valence-electron chi connectivity index (χ3n) is 3.91. The van der Waals surface area contributed by atoms with Crippen LogP contribution in [-0.4, -0.2) is 24.6 Å². The van der Waals surface area contributed by atoms with Crippen LogP contribution >= 0.6 is 15.9 Å². The topological polar surface area (TPSA) is 51.2 Å². The van der Waals surface area contributed by atoms with Crippen LogP contribution in [-0.2, 0) is 11.2 Å². The number of nitrogens with zero attached hydrogens (tertiary/aromatic N) is 1. The third kappa shape index (κ3) is 3.45. The highest BCUT2D eigenvalue weighted by Crippen LogP contribution is 2.29. The molecule has 0 bridgehead atoms. The highest BCUT2D eigenvalue weighted by molar-refractivity contribution is 9.10. The Bertz CT molecular complexity index is 771. The minimum atomic E-state index is -0.364. The molecule has 0 atom stereocenters. The van der Waals surface area contributed by atoms with Gasteiger partial charge in [0.2, 0.25) is 0 Å². The fraction of sp³-hybridized carbons (Fsp3) is 0.222. The smallest absolute Gasteiger partial charge is 0.340 e. The summed E-state index contributed by atoms with van der Waals surface area (Å²) in [6.07, 6.45) is 7.57. The van der Waals surface area contributed by atoms with Gasteiger partial charge in [0.15, 0.2) is 0 Å². The van der Waals surface area contributed by atoms with Crippen molar-refractivity contribution in [1.82, 2.24) is 4.98 Å². The molecule has 0 radical (unpaired) electrons. The van der Waals surface area contributed by atoms with Crippen LogP contribution in [0, 0.1) is 0 Å². The van der Waals surface area contributed by atoms with Gasteiger partial charge in [-0.1, -0.05) is 28.1 Å². The highest BCUT2D eigenvalue weighted by atomic mass is 79.9. The number of benzene rings is 1. The first-order chi connectivity index (χ1) is 11.2. The quantitative estimate of drug-likeness (QED) is 0.821. The number of nitrogens with one attached hydrogen (secondary N) is 1. The average Bonchev–Trinajstić information content (AvgIpc) is 2.59. The largest absolute Gasteiger partial charge is 0.465 e. The molecule has 1 heterocycles. The fourth-order valence-corrected chi connectivity index (χ4v) is 3.18. The van der Waals surface area contributed by atoms with Gasteiger partial charge in [0.1, 0.15) is 0 Å². The number of pyridine rings is 1. The van der Waals surface area contributed by atoms with E-state index in [0.717, 1.165) is 17.3 Å². The molecule has 5 heteroatoms. The lowest BCUT2D eigenvalue weighted by molar-refractivity contribution is 0.0601. The van der Waals surface area contributed by atoms with Gasteiger partial charge in [-0.3, -0.25) is 4.98 Å². The molecule has 0 amide bonds. The van der Waals surface area contributed by atoms with E-state index in [1.807, 2.05) is 0 Å². The minimum absolute atomic E-state index is 0.364. The Balaban J connectivity index is 1.80. The molecule has 0 unspecified atom stereocenters. The van der Waals surface area contributed by atoms with Crippen molar-refractivity contribution >= 4 is 33.2 Å². The standard InChI is InChI=1S/C18H17BrN2O2/c1-23-18(22)16-7-8-20-11-17(16)21-10-13-4-2-3-12-9-14(19)5-6-15(12)13/h4-9,11,21H,2-3,10H2,1H3. The van der Waals surface area contributed by atoms with Crippen molar-refractivity contribution in [1.29, 1.82) is 0 Å². The Hall–Kier alpha value is -2.14. The summed E-state index contributed by atoms with van der Waals surface area (Å²) in [7, 11) is 1.38. The van der Waals surface area contributed by atoms with E-state index in [4.69, 9.17) is 4.74 Å². The third-order valence-corrected chi connectivity index (χ3v) is 4.41. The Morgan fingerprint density at radius 1 is 1.39 bits per heavy atom. The summed E-state index contributed by atoms with van der Waals surface area (Å²) in [5, 5.41) is 3.31. The van der Waals surface area contributed by atoms with Gasteiger partial charge >= 0.3 is 5.97 Å². The van der Waals surface area contributed by atoms with Crippen molar-refractivity contribution in [2.24, 2.45) is 0 Å². The number of fused-ring (bicyclic) bond motifs is 1. The molecule has 4 nitrogen and oxygen atoms in total. The van der Waals surface area contributed by atoms with E-state index in [-0.39, 0.29) is 5.97 Å². The van der Waals surface area contributed by atoms with Crippen LogP contribution in [0.25, 0.3) is 5.57 Å². The number of aromatic nitrogens is 1. The molecular formula is C18H17BrN2O2. The van der Waals surface area contributed by atoms with Crippen LogP contribution in [0.2, 0.25) is 0 Å². The first-order valence-electron chi connectivity index (χ1n) is 7.43. The predicted octanol–water partition coefficient (Wildman–Crippen LogP) is 4.07. The van der Waals surface area contributed by atoms with Gasteiger partial charge in [-0.05, 0) is 47.7 Å². The fourth-order valence-electron chi connectivity index (χ4n) is 2.78. The Kier molecular flexibility index (Phi) is 4.76. The summed E-state index contributed by atoms with van der Waals surface area (Å²) < 4.78 is 5.91. The number of hydrogen-bond acceptors (Lipinski definition) is 4. The van der Waals surface area contributed by atoms with E-state index < -0.39 is 0 Å². The van der Waals surface area contributed by atoms with E-state index in [1.54, 1.807) is 18.5 Å². The molecule has 0 saturated carbocycles. The first kappa shape index (κ1) is 15.7. The SMILES string of the molecule is COC(=O)c1ccncc1NCC1=CCCc2cc(Br)ccc21. The van der Waals surface area contributed by atoms with E-state index in [2.05, 4.69) is 50.5 Å². The van der Waals surface area contributed by atoms with Crippen molar-refractivity contribution in [3.05, 3.63) is 63.9 Å². The van der Waals surface area contributed by atoms with E-state index in [9.17, 15) is 4.79 Å². The Morgan fingerprint density at radius 3 is 3.09 bits per heavy atom. The number of halogens is 1. The lowest BCUT2D eigenvalue weighted by Crippen LogP contribution is -2.12. The number of carbonyl (C=O) groups is 1. The molecule has 3 rings (SSSR count). The maximum Gasteiger partial charge on any atom is 0.340 e. The second kappa shape index (κ2) is 6.96. The van der Waals surface area contributed by atoms with Crippen LogP contribution in [0.4, 0.5) is 5.69 Å². The van der Waals surface area contributed by atoms with Gasteiger partial charge in [0, 0.05) is 17.2 Å². The summed E-state index contributed by atoms with van der Waals surface area (Å²) in [5.41, 5.74) is 5.02.